The van der Waals surface area contributed by atoms with E-state index >= 15 is 0 Å². The summed E-state index contributed by atoms with van der Waals surface area (Å²) in [6.07, 6.45) is 0.205. The Kier molecular flexibility index (Phi) is 5.70. The Bertz CT molecular complexity index is 581. The van der Waals surface area contributed by atoms with E-state index in [0.717, 1.165) is 0 Å². The number of carbonyl (C=O) groups excluding carboxylic acids is 1. The Labute approximate surface area is 123 Å². The molecule has 0 aromatic heterocycles. The van der Waals surface area contributed by atoms with Gasteiger partial charge in [-0.25, -0.2) is 9.59 Å². The second kappa shape index (κ2) is 6.87. The zero-order valence-corrected chi connectivity index (χ0v) is 13.0. The molecule has 1 aromatic carbocycles. The van der Waals surface area contributed by atoms with Gasteiger partial charge in [0.25, 0.3) is 0 Å². The second-order valence-electron chi connectivity index (χ2n) is 4.92. The van der Waals surface area contributed by atoms with Gasteiger partial charge in [-0.3, -0.25) is 4.57 Å². The third-order valence-corrected chi connectivity index (χ3v) is 5.87. The summed E-state index contributed by atoms with van der Waals surface area (Å²) in [5.41, 5.74) is -0.536. The lowest BCUT2D eigenvalue weighted by Crippen LogP contribution is -2.21. The van der Waals surface area contributed by atoms with Crippen molar-refractivity contribution in [2.45, 2.75) is 38.7 Å². The highest BCUT2D eigenvalue weighted by molar-refractivity contribution is 7.59. The fourth-order valence-electron chi connectivity index (χ4n) is 1.72. The Morgan fingerprint density at radius 1 is 1.29 bits per heavy atom. The number of carboxylic acids is 1. The van der Waals surface area contributed by atoms with E-state index in [4.69, 9.17) is 9.84 Å². The molecule has 0 fully saturated rings. The summed E-state index contributed by atoms with van der Waals surface area (Å²) in [4.78, 5) is 32.9. The number of carboxylic acid groups (broad SMARTS) is 1. The Morgan fingerprint density at radius 2 is 1.86 bits per heavy atom. The van der Waals surface area contributed by atoms with Gasteiger partial charge in [-0.15, -0.1) is 0 Å². The van der Waals surface area contributed by atoms with Crippen LogP contribution in [0.5, 0.6) is 0 Å². The predicted molar refractivity (Wildman–Crippen MR) is 77.9 cm³/mol. The summed E-state index contributed by atoms with van der Waals surface area (Å²) in [7, 11) is -3.64. The van der Waals surface area contributed by atoms with Crippen molar-refractivity contribution >= 4 is 19.3 Å². The lowest BCUT2D eigenvalue weighted by Gasteiger charge is -2.24. The van der Waals surface area contributed by atoms with Gasteiger partial charge in [-0.05, 0) is 24.6 Å². The van der Waals surface area contributed by atoms with Crippen LogP contribution in [0.15, 0.2) is 24.3 Å². The van der Waals surface area contributed by atoms with Crippen LogP contribution in [0.4, 0.5) is 0 Å². The van der Waals surface area contributed by atoms with Gasteiger partial charge >= 0.3 is 11.9 Å². The molecule has 6 nitrogen and oxygen atoms in total. The van der Waals surface area contributed by atoms with Crippen molar-refractivity contribution in [2.75, 3.05) is 0 Å². The Balaban J connectivity index is 2.96. The molecular weight excluding hydrogens is 295 g/mol. The molecule has 0 aliphatic carbocycles. The molecule has 7 heteroatoms. The van der Waals surface area contributed by atoms with Crippen LogP contribution < -0.4 is 0 Å². The molecule has 0 spiro atoms. The van der Waals surface area contributed by atoms with E-state index in [0.29, 0.717) is 0 Å². The molecular formula is C14H19O6P. The number of rotatable bonds is 6. The summed E-state index contributed by atoms with van der Waals surface area (Å²) in [5, 5.41) is 8.88. The number of ether oxygens (including phenoxy) is 1. The number of hydrogen-bond donors (Lipinski definition) is 2. The highest BCUT2D eigenvalue weighted by atomic mass is 31.2. The molecule has 1 aromatic rings. The van der Waals surface area contributed by atoms with Gasteiger partial charge < -0.3 is 14.7 Å². The summed E-state index contributed by atoms with van der Waals surface area (Å²) >= 11 is 0. The first-order valence-electron chi connectivity index (χ1n) is 6.56. The van der Waals surface area contributed by atoms with E-state index in [1.807, 2.05) is 0 Å². The number of carbonyl (C=O) groups is 2. The molecule has 1 rings (SSSR count). The van der Waals surface area contributed by atoms with Crippen molar-refractivity contribution in [3.05, 3.63) is 35.4 Å². The van der Waals surface area contributed by atoms with Crippen LogP contribution in [-0.4, -0.2) is 33.4 Å². The monoisotopic (exact) mass is 314 g/mol. The molecule has 0 heterocycles. The largest absolute Gasteiger partial charge is 0.478 e. The highest BCUT2D eigenvalue weighted by Crippen LogP contribution is 2.52. The number of benzene rings is 1. The van der Waals surface area contributed by atoms with Crippen LogP contribution in [0, 0.1) is 0 Å². The lowest BCUT2D eigenvalue weighted by atomic mass is 10.1. The van der Waals surface area contributed by atoms with Crippen LogP contribution in [0.1, 0.15) is 47.9 Å². The first-order valence-corrected chi connectivity index (χ1v) is 8.36. The number of hydrogen-bond acceptors (Lipinski definition) is 4. The SMILES string of the molecule is CCC(OC(=O)c1cccc(C(=O)O)c1)P(=O)(O)C(C)C. The predicted octanol–water partition coefficient (Wildman–Crippen LogP) is 2.96. The number of esters is 1. The van der Waals surface area contributed by atoms with Crippen LogP contribution in [0.2, 0.25) is 0 Å². The average Bonchev–Trinajstić information content (AvgIpc) is 2.44. The molecule has 21 heavy (non-hydrogen) atoms. The van der Waals surface area contributed by atoms with Crippen LogP contribution >= 0.6 is 7.37 Å². The Hall–Kier alpha value is -1.65. The summed E-state index contributed by atoms with van der Waals surface area (Å²) in [6, 6.07) is 5.34. The topological polar surface area (TPSA) is 101 Å². The van der Waals surface area contributed by atoms with E-state index in [1.165, 1.54) is 24.3 Å². The van der Waals surface area contributed by atoms with Crippen molar-refractivity contribution in [3.8, 4) is 0 Å². The molecule has 0 saturated carbocycles. The van der Waals surface area contributed by atoms with Crippen LogP contribution in [-0.2, 0) is 9.30 Å². The third kappa shape index (κ3) is 4.16. The first-order chi connectivity index (χ1) is 9.70. The summed E-state index contributed by atoms with van der Waals surface area (Å²) in [5.74, 6) is -3.06. The maximum Gasteiger partial charge on any atom is 0.338 e. The molecule has 0 aliphatic heterocycles. The van der Waals surface area contributed by atoms with Gasteiger partial charge in [-0.1, -0.05) is 26.8 Å². The number of aromatic carboxylic acids is 1. The molecule has 116 valence electrons. The van der Waals surface area contributed by atoms with Crippen molar-refractivity contribution in [1.29, 1.82) is 0 Å². The minimum absolute atomic E-state index is 0.0390. The maximum atomic E-state index is 12.2. The Morgan fingerprint density at radius 3 is 2.33 bits per heavy atom. The van der Waals surface area contributed by atoms with Gasteiger partial charge in [0.05, 0.1) is 11.1 Å². The molecule has 2 unspecified atom stereocenters. The normalized spacial score (nSPS) is 15.3. The molecule has 0 bridgehead atoms. The first kappa shape index (κ1) is 17.4. The zero-order valence-electron chi connectivity index (χ0n) is 12.1. The van der Waals surface area contributed by atoms with E-state index in [-0.39, 0.29) is 17.5 Å². The van der Waals surface area contributed by atoms with Gasteiger partial charge in [0.1, 0.15) is 0 Å². The highest BCUT2D eigenvalue weighted by Gasteiger charge is 2.36. The van der Waals surface area contributed by atoms with Gasteiger partial charge in [-0.2, -0.15) is 0 Å². The van der Waals surface area contributed by atoms with E-state index < -0.39 is 30.8 Å². The van der Waals surface area contributed by atoms with Gasteiger partial charge in [0.2, 0.25) is 7.37 Å². The molecule has 0 aliphatic rings. The quantitative estimate of drug-likeness (QED) is 0.618. The van der Waals surface area contributed by atoms with Crippen molar-refractivity contribution in [1.82, 2.24) is 0 Å². The lowest BCUT2D eigenvalue weighted by molar-refractivity contribution is 0.0417. The zero-order chi connectivity index (χ0) is 16.2. The molecule has 0 radical (unpaired) electrons. The third-order valence-electron chi connectivity index (χ3n) is 3.09. The fraction of sp³-hybridized carbons (Fsp3) is 0.429. The molecule has 0 amide bonds. The summed E-state index contributed by atoms with van der Waals surface area (Å²) in [6.45, 7) is 4.82. The smallest absolute Gasteiger partial charge is 0.338 e. The molecule has 2 atom stereocenters. The van der Waals surface area contributed by atoms with E-state index in [1.54, 1.807) is 20.8 Å². The summed E-state index contributed by atoms with van der Waals surface area (Å²) < 4.78 is 17.3. The van der Waals surface area contributed by atoms with Crippen molar-refractivity contribution in [3.63, 3.8) is 0 Å². The standard InChI is InChI=1S/C14H19O6P/c1-4-12(21(18,19)9(2)3)20-14(17)11-7-5-6-10(8-11)13(15)16/h5-9,12H,4H2,1-3H3,(H,15,16)(H,18,19). The minimum atomic E-state index is -3.64. The maximum absolute atomic E-state index is 12.2. The average molecular weight is 314 g/mol. The fourth-order valence-corrected chi connectivity index (χ4v) is 3.16. The van der Waals surface area contributed by atoms with Crippen LogP contribution in [0.3, 0.4) is 0 Å². The van der Waals surface area contributed by atoms with Gasteiger partial charge in [0, 0.05) is 5.66 Å². The van der Waals surface area contributed by atoms with E-state index in [2.05, 4.69) is 0 Å². The minimum Gasteiger partial charge on any atom is -0.478 e. The second-order valence-corrected chi connectivity index (χ2v) is 7.87. The molecule has 0 saturated heterocycles. The van der Waals surface area contributed by atoms with Gasteiger partial charge in [0.15, 0.2) is 5.85 Å². The van der Waals surface area contributed by atoms with Crippen molar-refractivity contribution in [2.24, 2.45) is 0 Å². The van der Waals surface area contributed by atoms with E-state index in [9.17, 15) is 19.0 Å². The van der Waals surface area contributed by atoms with Crippen molar-refractivity contribution < 1.29 is 28.9 Å². The van der Waals surface area contributed by atoms with Crippen LogP contribution in [0.25, 0.3) is 0 Å². The molecule has 2 N–H and O–H groups in total.